The lowest BCUT2D eigenvalue weighted by Crippen LogP contribution is -2.48. The fourth-order valence-corrected chi connectivity index (χ4v) is 11.7. The molecule has 264 valence electrons. The monoisotopic (exact) mass is 736 g/mol. The number of ether oxygens (including phenoxy) is 1. The van der Waals surface area contributed by atoms with E-state index < -0.39 is 22.2 Å². The Kier molecular flexibility index (Phi) is 14.2. The van der Waals surface area contributed by atoms with Crippen LogP contribution in [-0.2, 0) is 29.6 Å². The van der Waals surface area contributed by atoms with Gasteiger partial charge in [0.15, 0.2) is 16.6 Å². The van der Waals surface area contributed by atoms with Crippen molar-refractivity contribution in [3.63, 3.8) is 0 Å². The van der Waals surface area contributed by atoms with E-state index in [1.807, 2.05) is 11.3 Å². The Morgan fingerprint density at radius 2 is 1.66 bits per heavy atom. The zero-order valence-corrected chi connectivity index (χ0v) is 35.4. The normalized spacial score (nSPS) is 21.1. The number of carbonyl (C=O) groups is 2. The van der Waals surface area contributed by atoms with Crippen molar-refractivity contribution < 1.29 is 23.2 Å². The Morgan fingerprint density at radius 3 is 2.28 bits per heavy atom. The molecule has 0 bridgehead atoms. The minimum atomic E-state index is -2.12. The number of esters is 1. The van der Waals surface area contributed by atoms with Crippen LogP contribution in [0.15, 0.2) is 42.5 Å². The summed E-state index contributed by atoms with van der Waals surface area (Å²) in [6.45, 7) is 25.2. The molecular formula is C37H60O5S3Si2. The molecule has 1 heterocycles. The van der Waals surface area contributed by atoms with Crippen LogP contribution in [-0.4, -0.2) is 69.7 Å². The van der Waals surface area contributed by atoms with Gasteiger partial charge < -0.3 is 13.6 Å². The number of carbonyl (C=O) groups excluding carboxylic acids is 2. The number of aryl methyl sites for hydroxylation is 1. The van der Waals surface area contributed by atoms with Gasteiger partial charge >= 0.3 is 5.97 Å². The Morgan fingerprint density at radius 1 is 1.00 bits per heavy atom. The van der Waals surface area contributed by atoms with E-state index in [1.165, 1.54) is 22.1 Å². The van der Waals surface area contributed by atoms with Gasteiger partial charge in [0.1, 0.15) is 5.78 Å². The second-order valence-corrected chi connectivity index (χ2v) is 29.2. The molecule has 0 aliphatic heterocycles. The number of fused-ring (bicyclic) bond motifs is 1. The molecule has 1 fully saturated rings. The van der Waals surface area contributed by atoms with E-state index in [0.717, 1.165) is 30.8 Å². The molecule has 4 atom stereocenters. The van der Waals surface area contributed by atoms with Gasteiger partial charge in [0.25, 0.3) is 0 Å². The molecule has 1 aromatic carbocycles. The van der Waals surface area contributed by atoms with E-state index in [1.54, 1.807) is 23.5 Å². The molecule has 0 amide bonds. The van der Waals surface area contributed by atoms with Gasteiger partial charge in [-0.1, -0.05) is 71.9 Å². The van der Waals surface area contributed by atoms with Gasteiger partial charge in [-0.05, 0) is 91.5 Å². The van der Waals surface area contributed by atoms with Crippen LogP contribution in [0, 0.1) is 5.92 Å². The zero-order valence-electron chi connectivity index (χ0n) is 31.0. The van der Waals surface area contributed by atoms with Crippen molar-refractivity contribution in [2.24, 2.45) is 5.92 Å². The highest BCUT2D eigenvalue weighted by atomic mass is 32.2. The van der Waals surface area contributed by atoms with Gasteiger partial charge in [0.2, 0.25) is 0 Å². The molecule has 1 aliphatic rings. The smallest absolute Gasteiger partial charge is 0.315 e. The number of thioether (sulfide) groups is 2. The number of hydrogen-bond donors (Lipinski definition) is 0. The van der Waals surface area contributed by atoms with Crippen LogP contribution >= 0.6 is 34.9 Å². The largest absolute Gasteiger partial charge is 0.468 e. The molecule has 1 saturated carbocycles. The van der Waals surface area contributed by atoms with Crippen molar-refractivity contribution in [3.8, 4) is 0 Å². The molecule has 3 rings (SSSR count). The number of hydrogen-bond acceptors (Lipinski definition) is 8. The highest BCUT2D eigenvalue weighted by molar-refractivity contribution is 8.01. The maximum atomic E-state index is 13.7. The van der Waals surface area contributed by atoms with Crippen molar-refractivity contribution >= 4 is 73.3 Å². The summed E-state index contributed by atoms with van der Waals surface area (Å²) in [7, 11) is -2.81. The van der Waals surface area contributed by atoms with Crippen LogP contribution in [0.5, 0.6) is 0 Å². The van der Waals surface area contributed by atoms with Crippen LogP contribution in [0.25, 0.3) is 10.1 Å². The van der Waals surface area contributed by atoms with Gasteiger partial charge in [-0.2, -0.15) is 11.8 Å². The predicted octanol–water partition coefficient (Wildman–Crippen LogP) is 10.5. The molecular weight excluding hydrogens is 677 g/mol. The standard InChI is InChI=1S/C37H60O5S3Si2/c1-35(2,3)46(9,10)41-31-25-30(38)34(44-23-15-22-43-26-33(39)40-8)29(31)19-21-37(7,42-47(11,12)36(4,5)6)20-18-28-24-27-16-13-14-17-32(27)45-28/h13-14,16-17,19,21,24,29,31,34H,15,18,20,22-23,25-26H2,1-12H3/b21-19+/t29-,31+,34+,37-/m0/s1. The van der Waals surface area contributed by atoms with Gasteiger partial charge in [-0.15, -0.1) is 23.1 Å². The molecule has 1 aliphatic carbocycles. The first-order valence-electron chi connectivity index (χ1n) is 17.0. The lowest BCUT2D eigenvalue weighted by molar-refractivity contribution is -0.137. The number of Topliss-reactive ketones (excluding diaryl/α,β-unsaturated/α-hetero) is 1. The molecule has 0 saturated heterocycles. The van der Waals surface area contributed by atoms with Gasteiger partial charge in [0, 0.05) is 21.9 Å². The Bertz CT molecular complexity index is 1340. The Balaban J connectivity index is 1.89. The van der Waals surface area contributed by atoms with Crippen LogP contribution in [0.3, 0.4) is 0 Å². The predicted molar refractivity (Wildman–Crippen MR) is 211 cm³/mol. The second-order valence-electron chi connectivity index (χ2n) is 16.2. The van der Waals surface area contributed by atoms with E-state index in [4.69, 9.17) is 13.6 Å². The molecule has 0 N–H and O–H groups in total. The fourth-order valence-electron chi connectivity index (χ4n) is 5.30. The molecule has 2 aromatic rings. The summed E-state index contributed by atoms with van der Waals surface area (Å²) in [5.41, 5.74) is -0.480. The first kappa shape index (κ1) is 40.5. The van der Waals surface area contributed by atoms with Crippen molar-refractivity contribution in [3.05, 3.63) is 47.4 Å². The maximum absolute atomic E-state index is 13.7. The SMILES string of the molecule is COC(=O)CSCCCS[C@H]1C(=O)C[C@@H](O[Si](C)(C)C(C)(C)C)[C@@H]1/C=C/[C@](C)(CCc1cc2ccccc2s1)O[Si](C)(C)C(C)(C)C. The summed E-state index contributed by atoms with van der Waals surface area (Å²) in [5.74, 6) is 2.17. The highest BCUT2D eigenvalue weighted by Gasteiger charge is 2.48. The molecule has 0 spiro atoms. The molecule has 10 heteroatoms. The maximum Gasteiger partial charge on any atom is 0.315 e. The third kappa shape index (κ3) is 11.3. The van der Waals surface area contributed by atoms with Crippen LogP contribution < -0.4 is 0 Å². The third-order valence-corrected chi connectivity index (χ3v) is 23.0. The van der Waals surface area contributed by atoms with E-state index >= 15 is 0 Å². The number of methoxy groups -OCH3 is 1. The molecule has 0 radical (unpaired) electrons. The number of ketones is 1. The number of thiophene rings is 1. The summed E-state index contributed by atoms with van der Waals surface area (Å²) >= 11 is 5.22. The van der Waals surface area contributed by atoms with E-state index in [0.29, 0.717) is 12.2 Å². The fraction of sp³-hybridized carbons (Fsp3) is 0.676. The van der Waals surface area contributed by atoms with E-state index in [2.05, 4.69) is 117 Å². The van der Waals surface area contributed by atoms with E-state index in [9.17, 15) is 9.59 Å². The van der Waals surface area contributed by atoms with Gasteiger partial charge in [-0.25, -0.2) is 0 Å². The average molecular weight is 737 g/mol. The summed E-state index contributed by atoms with van der Waals surface area (Å²) in [5, 5.41) is 1.28. The second kappa shape index (κ2) is 16.4. The average Bonchev–Trinajstić information content (AvgIpc) is 3.50. The summed E-state index contributed by atoms with van der Waals surface area (Å²) in [6, 6.07) is 10.9. The molecule has 5 nitrogen and oxygen atoms in total. The van der Waals surface area contributed by atoms with Gasteiger partial charge in [-0.3, -0.25) is 9.59 Å². The van der Waals surface area contributed by atoms with Crippen LogP contribution in [0.1, 0.15) is 72.6 Å². The Hall–Kier alpha value is -0.886. The lowest BCUT2D eigenvalue weighted by atomic mass is 9.95. The summed E-state index contributed by atoms with van der Waals surface area (Å²) in [4.78, 5) is 26.5. The zero-order chi connectivity index (χ0) is 35.3. The number of benzene rings is 1. The van der Waals surface area contributed by atoms with Crippen LogP contribution in [0.2, 0.25) is 36.3 Å². The van der Waals surface area contributed by atoms with Crippen molar-refractivity contribution in [2.75, 3.05) is 24.4 Å². The Labute approximate surface area is 300 Å². The van der Waals surface area contributed by atoms with Gasteiger partial charge in [0.05, 0.1) is 29.8 Å². The molecule has 1 aromatic heterocycles. The van der Waals surface area contributed by atoms with Crippen molar-refractivity contribution in [2.45, 2.75) is 127 Å². The highest BCUT2D eigenvalue weighted by Crippen LogP contribution is 2.45. The van der Waals surface area contributed by atoms with Crippen molar-refractivity contribution in [1.82, 2.24) is 0 Å². The van der Waals surface area contributed by atoms with Crippen LogP contribution in [0.4, 0.5) is 0 Å². The van der Waals surface area contributed by atoms with E-state index in [-0.39, 0.29) is 39.1 Å². The third-order valence-electron chi connectivity index (χ3n) is 10.2. The molecule has 0 unspecified atom stereocenters. The first-order valence-corrected chi connectivity index (χ1v) is 25.9. The summed E-state index contributed by atoms with van der Waals surface area (Å²) < 4.78 is 20.3. The minimum absolute atomic E-state index is 0.0176. The summed E-state index contributed by atoms with van der Waals surface area (Å²) in [6.07, 6.45) is 7.65. The number of rotatable bonds is 16. The quantitative estimate of drug-likeness (QED) is 0.0736. The van der Waals surface area contributed by atoms with Crippen molar-refractivity contribution in [1.29, 1.82) is 0 Å². The minimum Gasteiger partial charge on any atom is -0.468 e. The molecule has 47 heavy (non-hydrogen) atoms. The first-order chi connectivity index (χ1) is 21.7. The topological polar surface area (TPSA) is 61.8 Å². The lowest BCUT2D eigenvalue weighted by Gasteiger charge is -2.43.